The maximum atomic E-state index is 12.6. The van der Waals surface area contributed by atoms with Crippen LogP contribution in [-0.4, -0.2) is 27.7 Å². The lowest BCUT2D eigenvalue weighted by Gasteiger charge is -2.35. The predicted molar refractivity (Wildman–Crippen MR) is 95.9 cm³/mol. The summed E-state index contributed by atoms with van der Waals surface area (Å²) in [6.45, 7) is 3.72. The molecule has 0 radical (unpaired) electrons. The van der Waals surface area contributed by atoms with Gasteiger partial charge in [-0.2, -0.15) is 0 Å². The highest BCUT2D eigenvalue weighted by molar-refractivity contribution is 8.30. The summed E-state index contributed by atoms with van der Waals surface area (Å²) in [5.74, 6) is 1.41. The second kappa shape index (κ2) is 6.40. The van der Waals surface area contributed by atoms with Gasteiger partial charge in [0, 0.05) is 16.4 Å². The molecule has 2 aromatic rings. The van der Waals surface area contributed by atoms with E-state index in [0.29, 0.717) is 5.75 Å². The van der Waals surface area contributed by atoms with E-state index in [1.54, 1.807) is 18.2 Å². The lowest BCUT2D eigenvalue weighted by Crippen LogP contribution is -2.14. The zero-order valence-corrected chi connectivity index (χ0v) is 14.7. The Balaban J connectivity index is 1.98. The third-order valence-corrected chi connectivity index (χ3v) is 7.91. The molecule has 1 saturated heterocycles. The van der Waals surface area contributed by atoms with Crippen LogP contribution >= 0.6 is 10.3 Å². The molecule has 0 atom stereocenters. The van der Waals surface area contributed by atoms with Gasteiger partial charge in [-0.15, -0.1) is 0 Å². The normalized spacial score (nSPS) is 17.4. The van der Waals surface area contributed by atoms with Crippen molar-refractivity contribution in [3.63, 3.8) is 0 Å². The van der Waals surface area contributed by atoms with Gasteiger partial charge in [0.25, 0.3) is 0 Å². The molecule has 1 fully saturated rings. The largest absolute Gasteiger partial charge is 0.507 e. The highest BCUT2D eigenvalue weighted by atomic mass is 32.3. The van der Waals surface area contributed by atoms with E-state index >= 15 is 0 Å². The Morgan fingerprint density at radius 1 is 1.04 bits per heavy atom. The first-order valence-electron chi connectivity index (χ1n) is 8.04. The summed E-state index contributed by atoms with van der Waals surface area (Å²) < 4.78 is 6.00. The first-order valence-corrected chi connectivity index (χ1v) is 9.93. The number of aromatic hydroxyl groups is 2. The van der Waals surface area contributed by atoms with E-state index in [2.05, 4.69) is 0 Å². The molecule has 4 nitrogen and oxygen atoms in total. The van der Waals surface area contributed by atoms with Crippen LogP contribution in [0.2, 0.25) is 0 Å². The van der Waals surface area contributed by atoms with Crippen molar-refractivity contribution in [3.8, 4) is 11.5 Å². The smallest absolute Gasteiger partial charge is 0.352 e. The molecular weight excluding hydrogens is 324 g/mol. The van der Waals surface area contributed by atoms with Gasteiger partial charge in [-0.3, -0.25) is 0 Å². The Kier molecular flexibility index (Phi) is 4.45. The van der Waals surface area contributed by atoms with Crippen molar-refractivity contribution in [3.05, 3.63) is 53.1 Å². The van der Waals surface area contributed by atoms with Gasteiger partial charge in [-0.25, -0.2) is 4.79 Å². The molecule has 0 aromatic heterocycles. The Morgan fingerprint density at radius 3 is 2.21 bits per heavy atom. The van der Waals surface area contributed by atoms with Crippen LogP contribution in [0.5, 0.6) is 11.5 Å². The van der Waals surface area contributed by atoms with Gasteiger partial charge in [-0.1, -0.05) is 22.4 Å². The lowest BCUT2D eigenvalue weighted by molar-refractivity contribution is 0.0755. The maximum Gasteiger partial charge on any atom is 0.352 e. The minimum absolute atomic E-state index is 0.0619. The van der Waals surface area contributed by atoms with Crippen molar-refractivity contribution in [2.45, 2.75) is 31.6 Å². The number of phenols is 2. The average Bonchev–Trinajstić information content (AvgIpc) is 3.02. The Labute approximate surface area is 143 Å². The fraction of sp³-hybridized carbons (Fsp3) is 0.316. The number of carbonyl (C=O) groups excluding carboxylic acids is 1. The van der Waals surface area contributed by atoms with E-state index in [0.717, 1.165) is 40.4 Å². The quantitative estimate of drug-likeness (QED) is 0.862. The fourth-order valence-electron chi connectivity index (χ4n) is 3.11. The third kappa shape index (κ3) is 2.96. The number of carbonyl (C=O) groups is 1. The van der Waals surface area contributed by atoms with E-state index in [9.17, 15) is 15.0 Å². The van der Waals surface area contributed by atoms with Crippen LogP contribution in [0, 0.1) is 13.8 Å². The number of hydrogen-bond acceptors (Lipinski definition) is 4. The van der Waals surface area contributed by atoms with E-state index in [1.165, 1.54) is 6.07 Å². The molecule has 0 saturated carbocycles. The van der Waals surface area contributed by atoms with E-state index < -0.39 is 16.3 Å². The molecule has 0 unspecified atom stereocenters. The fourth-order valence-corrected chi connectivity index (χ4v) is 6.55. The summed E-state index contributed by atoms with van der Waals surface area (Å²) in [5.41, 5.74) is 1.79. The molecule has 1 aliphatic rings. The van der Waals surface area contributed by atoms with Crippen molar-refractivity contribution >= 4 is 16.3 Å². The minimum Gasteiger partial charge on any atom is -0.507 e. The van der Waals surface area contributed by atoms with Crippen molar-refractivity contribution in [1.82, 2.24) is 0 Å². The monoisotopic (exact) mass is 346 g/mol. The second-order valence-corrected chi connectivity index (χ2v) is 9.30. The molecule has 0 amide bonds. The molecule has 5 heteroatoms. The first kappa shape index (κ1) is 16.7. The number of benzene rings is 2. The standard InChI is InChI=1S/C19H22O4S/c1-13-11-15(12-14(2)18(13)21)24(9-5-6-10-24)23-19(22)16-7-3-4-8-17(16)20/h3-4,7-8,11-12,20-21H,5-6,9-10H2,1-2H3. The van der Waals surface area contributed by atoms with Gasteiger partial charge in [0.15, 0.2) is 0 Å². The van der Waals surface area contributed by atoms with Gasteiger partial charge >= 0.3 is 5.97 Å². The molecule has 0 aliphatic carbocycles. The van der Waals surface area contributed by atoms with Crippen LogP contribution in [0.4, 0.5) is 0 Å². The summed E-state index contributed by atoms with van der Waals surface area (Å²) in [6.07, 6.45) is 2.03. The van der Waals surface area contributed by atoms with Crippen molar-refractivity contribution in [1.29, 1.82) is 0 Å². The second-order valence-electron chi connectivity index (χ2n) is 6.22. The summed E-state index contributed by atoms with van der Waals surface area (Å²) in [4.78, 5) is 13.6. The molecule has 3 rings (SSSR count). The van der Waals surface area contributed by atoms with Gasteiger partial charge in [0.05, 0.1) is 0 Å². The summed E-state index contributed by atoms with van der Waals surface area (Å²) in [7, 11) is -1.74. The molecule has 1 aliphatic heterocycles. The van der Waals surface area contributed by atoms with Gasteiger partial charge in [0.1, 0.15) is 17.1 Å². The first-order chi connectivity index (χ1) is 11.4. The zero-order valence-electron chi connectivity index (χ0n) is 13.9. The predicted octanol–water partition coefficient (Wildman–Crippen LogP) is 4.44. The highest BCUT2D eigenvalue weighted by Crippen LogP contribution is 2.62. The van der Waals surface area contributed by atoms with E-state index in [4.69, 9.17) is 4.18 Å². The Hall–Kier alpha value is -2.14. The maximum absolute atomic E-state index is 12.6. The summed E-state index contributed by atoms with van der Waals surface area (Å²) in [5, 5.41) is 19.9. The van der Waals surface area contributed by atoms with Crippen molar-refractivity contribution in [2.24, 2.45) is 0 Å². The van der Waals surface area contributed by atoms with Gasteiger partial charge < -0.3 is 14.4 Å². The molecule has 128 valence electrons. The Morgan fingerprint density at radius 2 is 1.62 bits per heavy atom. The molecular formula is C19H22O4S. The van der Waals surface area contributed by atoms with E-state index in [-0.39, 0.29) is 11.3 Å². The minimum atomic E-state index is -1.74. The molecule has 1 heterocycles. The molecule has 0 bridgehead atoms. The van der Waals surface area contributed by atoms with Crippen molar-refractivity contribution < 1.29 is 19.2 Å². The number of rotatable bonds is 3. The van der Waals surface area contributed by atoms with Gasteiger partial charge in [0.2, 0.25) is 0 Å². The average molecular weight is 346 g/mol. The number of aryl methyl sites for hydroxylation is 2. The van der Waals surface area contributed by atoms with Crippen LogP contribution in [0.25, 0.3) is 0 Å². The van der Waals surface area contributed by atoms with Crippen molar-refractivity contribution in [2.75, 3.05) is 11.5 Å². The van der Waals surface area contributed by atoms with Crippen LogP contribution in [0.15, 0.2) is 41.3 Å². The van der Waals surface area contributed by atoms with E-state index in [1.807, 2.05) is 26.0 Å². The number of para-hydroxylation sites is 1. The van der Waals surface area contributed by atoms with Crippen LogP contribution in [0.3, 0.4) is 0 Å². The molecule has 2 N–H and O–H groups in total. The SMILES string of the molecule is Cc1cc(S2(OC(=O)c3ccccc3O)CCCC2)cc(C)c1O. The summed E-state index contributed by atoms with van der Waals surface area (Å²) in [6, 6.07) is 10.3. The Bertz CT molecular complexity index is 756. The zero-order chi connectivity index (χ0) is 17.3. The summed E-state index contributed by atoms with van der Waals surface area (Å²) >= 11 is 0. The topological polar surface area (TPSA) is 66.8 Å². The number of hydrogen-bond donors (Lipinski definition) is 2. The third-order valence-electron chi connectivity index (χ3n) is 4.45. The van der Waals surface area contributed by atoms with Crippen LogP contribution < -0.4 is 0 Å². The molecule has 2 aromatic carbocycles. The lowest BCUT2D eigenvalue weighted by atomic mass is 10.1. The molecule has 24 heavy (non-hydrogen) atoms. The number of phenolic OH excluding ortho intramolecular Hbond substituents is 2. The van der Waals surface area contributed by atoms with Gasteiger partial charge in [-0.05, 0) is 62.1 Å². The van der Waals surface area contributed by atoms with Crippen LogP contribution in [0.1, 0.15) is 34.3 Å². The van der Waals surface area contributed by atoms with Crippen LogP contribution in [-0.2, 0) is 4.18 Å². The highest BCUT2D eigenvalue weighted by Gasteiger charge is 2.36. The molecule has 0 spiro atoms.